The zero-order valence-electron chi connectivity index (χ0n) is 41.3. The van der Waals surface area contributed by atoms with Crippen LogP contribution in [0.1, 0.15) is 220 Å². The molecule has 64 heavy (non-hydrogen) atoms. The van der Waals surface area contributed by atoms with Crippen molar-refractivity contribution >= 4 is 17.9 Å². The third kappa shape index (κ3) is 49.1. The van der Waals surface area contributed by atoms with E-state index < -0.39 is 6.10 Å². The summed E-state index contributed by atoms with van der Waals surface area (Å²) < 4.78 is 16.6. The molecular formula is C58H94O6. The van der Waals surface area contributed by atoms with Gasteiger partial charge in [-0.2, -0.15) is 0 Å². The molecule has 0 aromatic carbocycles. The Morgan fingerprint density at radius 1 is 0.328 bits per heavy atom. The van der Waals surface area contributed by atoms with Gasteiger partial charge < -0.3 is 14.2 Å². The number of rotatable bonds is 45. The van der Waals surface area contributed by atoms with Crippen molar-refractivity contribution in [1.29, 1.82) is 0 Å². The molecule has 6 heteroatoms. The van der Waals surface area contributed by atoms with Crippen molar-refractivity contribution in [1.82, 2.24) is 0 Å². The predicted molar refractivity (Wildman–Crippen MR) is 274 cm³/mol. The number of hydrogen-bond donors (Lipinski definition) is 0. The molecule has 0 aromatic heterocycles. The van der Waals surface area contributed by atoms with E-state index in [0.717, 1.165) is 77.0 Å². The predicted octanol–water partition coefficient (Wildman–Crippen LogP) is 17.1. The van der Waals surface area contributed by atoms with Crippen LogP contribution in [-0.4, -0.2) is 37.2 Å². The van der Waals surface area contributed by atoms with E-state index in [9.17, 15) is 14.4 Å². The third-order valence-corrected chi connectivity index (χ3v) is 10.5. The molecule has 0 amide bonds. The van der Waals surface area contributed by atoms with E-state index in [-0.39, 0.29) is 44.0 Å². The Balaban J connectivity index is 4.56. The first-order valence-corrected chi connectivity index (χ1v) is 25.9. The number of esters is 3. The average molecular weight is 887 g/mol. The summed E-state index contributed by atoms with van der Waals surface area (Å²) in [6.07, 6.45) is 69.5. The van der Waals surface area contributed by atoms with Crippen molar-refractivity contribution in [3.05, 3.63) is 109 Å². The van der Waals surface area contributed by atoms with E-state index in [0.29, 0.717) is 19.3 Å². The molecule has 0 fully saturated rings. The maximum Gasteiger partial charge on any atom is 0.306 e. The molecule has 1 unspecified atom stereocenters. The minimum absolute atomic E-state index is 0.122. The Kier molecular flexibility index (Phi) is 48.5. The van der Waals surface area contributed by atoms with Gasteiger partial charge in [0, 0.05) is 19.3 Å². The van der Waals surface area contributed by atoms with Gasteiger partial charge in [-0.05, 0) is 89.9 Å². The normalized spacial score (nSPS) is 13.0. The lowest BCUT2D eigenvalue weighted by molar-refractivity contribution is -0.166. The molecule has 0 radical (unpaired) electrons. The van der Waals surface area contributed by atoms with Crippen molar-refractivity contribution in [2.75, 3.05) is 13.2 Å². The molecule has 0 heterocycles. The van der Waals surface area contributed by atoms with Gasteiger partial charge in [0.05, 0.1) is 0 Å². The molecule has 1 atom stereocenters. The van der Waals surface area contributed by atoms with Crippen LogP contribution in [0.4, 0.5) is 0 Å². The van der Waals surface area contributed by atoms with Crippen LogP contribution >= 0.6 is 0 Å². The van der Waals surface area contributed by atoms with Crippen LogP contribution in [0.3, 0.4) is 0 Å². The largest absolute Gasteiger partial charge is 0.462 e. The maximum atomic E-state index is 12.8. The molecule has 0 aliphatic carbocycles. The second-order valence-electron chi connectivity index (χ2n) is 16.7. The monoisotopic (exact) mass is 887 g/mol. The molecule has 6 nitrogen and oxygen atoms in total. The van der Waals surface area contributed by atoms with Crippen LogP contribution < -0.4 is 0 Å². The molecule has 0 aromatic rings. The second-order valence-corrected chi connectivity index (χ2v) is 16.7. The fourth-order valence-corrected chi connectivity index (χ4v) is 6.66. The molecule has 0 bridgehead atoms. The number of ether oxygens (including phenoxy) is 3. The Labute approximate surface area is 393 Å². The highest BCUT2D eigenvalue weighted by atomic mass is 16.6. The lowest BCUT2D eigenvalue weighted by atomic mass is 10.1. The Morgan fingerprint density at radius 2 is 0.656 bits per heavy atom. The molecule has 0 spiro atoms. The van der Waals surface area contributed by atoms with Crippen molar-refractivity contribution in [2.24, 2.45) is 0 Å². The van der Waals surface area contributed by atoms with Gasteiger partial charge in [-0.1, -0.05) is 220 Å². The number of allylic oxidation sites excluding steroid dienone is 18. The highest BCUT2D eigenvalue weighted by Gasteiger charge is 2.19. The highest BCUT2D eigenvalue weighted by molar-refractivity contribution is 5.71. The van der Waals surface area contributed by atoms with Crippen molar-refractivity contribution in [2.45, 2.75) is 226 Å². The van der Waals surface area contributed by atoms with E-state index >= 15 is 0 Å². The molecule has 0 aliphatic rings. The van der Waals surface area contributed by atoms with Gasteiger partial charge in [0.25, 0.3) is 0 Å². The van der Waals surface area contributed by atoms with Gasteiger partial charge >= 0.3 is 17.9 Å². The van der Waals surface area contributed by atoms with E-state index in [2.05, 4.69) is 118 Å². The molecule has 0 aliphatic heterocycles. The Hall–Kier alpha value is -3.93. The van der Waals surface area contributed by atoms with Crippen LogP contribution in [-0.2, 0) is 28.6 Å². The van der Waals surface area contributed by atoms with Gasteiger partial charge in [-0.25, -0.2) is 0 Å². The lowest BCUT2D eigenvalue weighted by Crippen LogP contribution is -2.30. The maximum absolute atomic E-state index is 12.8. The van der Waals surface area contributed by atoms with E-state index in [1.54, 1.807) is 0 Å². The standard InChI is InChI=1S/C58H94O6/c1-4-7-10-13-16-19-22-24-26-28-29-31-32-34-36-39-42-45-48-51-57(60)63-54-55(53-62-56(59)50-47-44-41-38-21-18-15-12-9-6-3)64-58(61)52-49-46-43-40-37-35-33-30-27-25-23-20-17-14-11-8-5-2/h7,10,16,19,24-27,29,31,33-36,40,42-43,45,55H,4-6,8-9,11-15,17-18,20-23,28,30,32,37-39,41,44,46-54H2,1-3H3/b10-7-,19-16-,26-24-,27-25-,31-29-,35-33-,36-34-,43-40-,45-42-. The minimum atomic E-state index is -0.834. The first kappa shape index (κ1) is 60.1. The van der Waals surface area contributed by atoms with E-state index in [1.807, 2.05) is 12.2 Å². The molecule has 0 N–H and O–H groups in total. The van der Waals surface area contributed by atoms with Crippen molar-refractivity contribution in [3.8, 4) is 0 Å². The summed E-state index contributed by atoms with van der Waals surface area (Å²) in [4.78, 5) is 37.9. The number of unbranched alkanes of at least 4 members (excludes halogenated alkanes) is 16. The minimum Gasteiger partial charge on any atom is -0.462 e. The molecule has 0 saturated carbocycles. The van der Waals surface area contributed by atoms with Gasteiger partial charge in [0.1, 0.15) is 13.2 Å². The topological polar surface area (TPSA) is 78.9 Å². The zero-order valence-corrected chi connectivity index (χ0v) is 41.3. The smallest absolute Gasteiger partial charge is 0.306 e. The van der Waals surface area contributed by atoms with Gasteiger partial charge in [0.2, 0.25) is 0 Å². The van der Waals surface area contributed by atoms with E-state index in [1.165, 1.54) is 89.9 Å². The molecule has 0 saturated heterocycles. The number of carbonyl (C=O) groups is 3. The zero-order chi connectivity index (χ0) is 46.5. The van der Waals surface area contributed by atoms with Crippen LogP contribution in [0.5, 0.6) is 0 Å². The Morgan fingerprint density at radius 3 is 1.09 bits per heavy atom. The molecule has 0 rings (SSSR count). The number of hydrogen-bond acceptors (Lipinski definition) is 6. The van der Waals surface area contributed by atoms with Crippen LogP contribution in [0.25, 0.3) is 0 Å². The lowest BCUT2D eigenvalue weighted by Gasteiger charge is -2.18. The van der Waals surface area contributed by atoms with Gasteiger partial charge in [-0.15, -0.1) is 0 Å². The molecule has 362 valence electrons. The summed E-state index contributed by atoms with van der Waals surface area (Å²) in [5, 5.41) is 0. The first-order chi connectivity index (χ1) is 31.5. The van der Waals surface area contributed by atoms with E-state index in [4.69, 9.17) is 14.2 Å². The summed E-state index contributed by atoms with van der Waals surface area (Å²) in [5.74, 6) is -1.07. The van der Waals surface area contributed by atoms with Gasteiger partial charge in [-0.3, -0.25) is 14.4 Å². The second kappa shape index (κ2) is 51.7. The third-order valence-electron chi connectivity index (χ3n) is 10.5. The highest BCUT2D eigenvalue weighted by Crippen LogP contribution is 2.13. The van der Waals surface area contributed by atoms with Crippen molar-refractivity contribution < 1.29 is 28.6 Å². The summed E-state index contributed by atoms with van der Waals surface area (Å²) in [5.41, 5.74) is 0. The van der Waals surface area contributed by atoms with Crippen LogP contribution in [0.15, 0.2) is 109 Å². The number of carbonyl (C=O) groups excluding carboxylic acids is 3. The summed E-state index contributed by atoms with van der Waals surface area (Å²) >= 11 is 0. The molecular weight excluding hydrogens is 793 g/mol. The average Bonchev–Trinajstić information content (AvgIpc) is 3.29. The SMILES string of the molecule is CC/C=C\C/C=C\C/C=C\C/C=C\C/C=C\C/C=C\CCC(=O)OCC(COC(=O)CCCCCCCCCCCC)OC(=O)CCC/C=C\C/C=C\C/C=C\CCCCCCCC. The summed E-state index contributed by atoms with van der Waals surface area (Å²) in [7, 11) is 0. The first-order valence-electron chi connectivity index (χ1n) is 25.9. The summed E-state index contributed by atoms with van der Waals surface area (Å²) in [6, 6.07) is 0. The quantitative estimate of drug-likeness (QED) is 0.0262. The fourth-order valence-electron chi connectivity index (χ4n) is 6.66. The van der Waals surface area contributed by atoms with Crippen LogP contribution in [0.2, 0.25) is 0 Å². The van der Waals surface area contributed by atoms with Gasteiger partial charge in [0.15, 0.2) is 6.10 Å². The Bertz CT molecular complexity index is 1340. The van der Waals surface area contributed by atoms with Crippen LogP contribution in [0, 0.1) is 0 Å². The van der Waals surface area contributed by atoms with Crippen molar-refractivity contribution in [3.63, 3.8) is 0 Å². The summed E-state index contributed by atoms with van der Waals surface area (Å²) in [6.45, 7) is 6.38. The fraction of sp³-hybridized carbons (Fsp3) is 0.638.